The van der Waals surface area contributed by atoms with E-state index in [2.05, 4.69) is 22.8 Å². The van der Waals surface area contributed by atoms with Gasteiger partial charge in [0.05, 0.1) is 49.1 Å². The molecule has 12 aliphatic rings. The maximum absolute atomic E-state index is 14.4. The highest BCUT2D eigenvalue weighted by Gasteiger charge is 2.64. The molecule has 24 nitrogen and oxygen atoms in total. The molecule has 0 aromatic heterocycles. The normalized spacial score (nSPS) is 45.4. The van der Waals surface area contributed by atoms with Crippen LogP contribution in [0.5, 0.6) is 0 Å². The summed E-state index contributed by atoms with van der Waals surface area (Å²) in [5.74, 6) is -3.29. The number of rotatable bonds is 14. The van der Waals surface area contributed by atoms with Crippen molar-refractivity contribution in [1.29, 1.82) is 0 Å². The Balaban J connectivity index is 0.000000198. The Labute approximate surface area is 577 Å². The molecule has 6 saturated heterocycles. The zero-order valence-electron chi connectivity index (χ0n) is 59.9. The van der Waals surface area contributed by atoms with Crippen molar-refractivity contribution < 1.29 is 105 Å². The lowest BCUT2D eigenvalue weighted by Gasteiger charge is -2.46. The van der Waals surface area contributed by atoms with E-state index in [1.807, 2.05) is 41.5 Å². The van der Waals surface area contributed by atoms with Crippen molar-refractivity contribution in [3.05, 3.63) is 23.3 Å². The van der Waals surface area contributed by atoms with E-state index in [-0.39, 0.29) is 180 Å². The van der Waals surface area contributed by atoms with Crippen LogP contribution in [0.25, 0.3) is 0 Å². The van der Waals surface area contributed by atoms with Gasteiger partial charge in [-0.3, -0.25) is 38.4 Å². The smallest absolute Gasteiger partial charge is 0.306 e. The van der Waals surface area contributed by atoms with Crippen LogP contribution in [0.3, 0.4) is 0 Å². The molecule has 4 saturated carbocycles. The molecule has 32 atom stereocenters. The van der Waals surface area contributed by atoms with Crippen molar-refractivity contribution >= 4 is 47.3 Å². The van der Waals surface area contributed by atoms with E-state index < -0.39 is 72.6 Å². The molecule has 8 unspecified atom stereocenters. The third kappa shape index (κ3) is 14.9. The molecule has 0 aromatic carbocycles. The molecule has 0 spiro atoms. The van der Waals surface area contributed by atoms with Gasteiger partial charge in [0.15, 0.2) is 24.1 Å². The Morgan fingerprint density at radius 3 is 1.31 bits per heavy atom. The molecule has 548 valence electrons. The van der Waals surface area contributed by atoms with E-state index in [0.717, 1.165) is 19.3 Å². The highest BCUT2D eigenvalue weighted by molar-refractivity contribution is 6.00. The van der Waals surface area contributed by atoms with Crippen molar-refractivity contribution in [3.8, 4) is 0 Å². The van der Waals surface area contributed by atoms with Crippen molar-refractivity contribution in [2.24, 2.45) is 82.9 Å². The fourth-order valence-electron chi connectivity index (χ4n) is 20.8. The van der Waals surface area contributed by atoms with Gasteiger partial charge in [-0.25, -0.2) is 0 Å². The fraction of sp³-hybridized carbons (Fsp3) is 0.838. The largest absolute Gasteiger partial charge is 0.462 e. The number of carbonyl (C=O) groups excluding carboxylic acids is 8. The average molecular weight is 1380 g/mol. The molecule has 6 heterocycles. The minimum Gasteiger partial charge on any atom is -0.462 e. The minimum atomic E-state index is -0.676. The summed E-state index contributed by atoms with van der Waals surface area (Å²) in [5, 5.41) is 6.57. The summed E-state index contributed by atoms with van der Waals surface area (Å²) in [7, 11) is 9.74. The van der Waals surface area contributed by atoms with Gasteiger partial charge in [0.2, 0.25) is 11.8 Å². The van der Waals surface area contributed by atoms with E-state index in [1.165, 1.54) is 13.8 Å². The molecule has 10 fully saturated rings. The Morgan fingerprint density at radius 2 is 0.867 bits per heavy atom. The van der Waals surface area contributed by atoms with Gasteiger partial charge in [-0.2, -0.15) is 0 Å². The molecule has 2 N–H and O–H groups in total. The van der Waals surface area contributed by atoms with Crippen LogP contribution in [0.1, 0.15) is 158 Å². The number of hydrogen-bond acceptors (Lipinski definition) is 22. The van der Waals surface area contributed by atoms with E-state index in [1.54, 1.807) is 42.7 Å². The summed E-state index contributed by atoms with van der Waals surface area (Å²) >= 11 is 0. The molecule has 98 heavy (non-hydrogen) atoms. The number of hydrogen-bond donors (Lipinski definition) is 2. The Hall–Kier alpha value is -4.76. The molecule has 2 amide bonds. The first-order valence-corrected chi connectivity index (χ1v) is 36.6. The first-order chi connectivity index (χ1) is 47.0. The van der Waals surface area contributed by atoms with Crippen LogP contribution < -0.4 is 10.6 Å². The minimum absolute atomic E-state index is 0.000965. The Bertz CT molecular complexity index is 2770. The summed E-state index contributed by atoms with van der Waals surface area (Å²) in [6.45, 7) is 14.3. The SMILES string of the molecule is CC[C@H]1CCC[C@H](OC(C)=O)[C@@H](C)C(=O)C2=C[C@H]3[C@@H]4C[C@H](O[C@@H]5OC(C)[C@H](OC)C(OC)[C@@H]5OC)C[C@H]4C4CC(=O)NC4[C@H]3[C@@H]2CC(=O)O1.CC[C@H]1CCC[C@H](OC(C)=O)[C@@H](C)C(=O)C2=C[C@H]3[C@@H]4C[C@H](O[C@@H]5OC(C)[C@H](OC)C(OC)[C@@H]5OC)C[C@H]4C4NC(=O)CC4[C@H]3[C@@H]2CC(=O)O1. The van der Waals surface area contributed by atoms with E-state index in [9.17, 15) is 38.4 Å². The van der Waals surface area contributed by atoms with E-state index in [0.29, 0.717) is 81.8 Å². The highest BCUT2D eigenvalue weighted by atomic mass is 16.7. The van der Waals surface area contributed by atoms with Crippen LogP contribution in [0.4, 0.5) is 0 Å². The lowest BCUT2D eigenvalue weighted by atomic mass is 9.59. The first kappa shape index (κ1) is 74.4. The number of ketones is 2. The predicted molar refractivity (Wildman–Crippen MR) is 350 cm³/mol. The molecule has 12 rings (SSSR count). The monoisotopic (exact) mass is 1380 g/mol. The topological polar surface area (TPSA) is 290 Å². The summed E-state index contributed by atoms with van der Waals surface area (Å²) in [5.41, 5.74) is 1.22. The number of carbonyl (C=O) groups is 8. The zero-order chi connectivity index (χ0) is 70.3. The third-order valence-corrected chi connectivity index (χ3v) is 25.1. The number of ether oxygens (including phenoxy) is 14. The van der Waals surface area contributed by atoms with E-state index in [4.69, 9.17) is 66.3 Å². The van der Waals surface area contributed by atoms with Crippen LogP contribution in [0.2, 0.25) is 0 Å². The van der Waals surface area contributed by atoms with Gasteiger partial charge in [0.25, 0.3) is 0 Å². The van der Waals surface area contributed by atoms with Crippen molar-refractivity contribution in [3.63, 3.8) is 0 Å². The number of nitrogens with one attached hydrogen (secondary N) is 2. The lowest BCUT2D eigenvalue weighted by Crippen LogP contribution is -2.59. The second kappa shape index (κ2) is 31.9. The van der Waals surface area contributed by atoms with Gasteiger partial charge in [0, 0.05) is 93.3 Å². The number of allylic oxidation sites excluding steroid dienone is 4. The standard InChI is InChI=1S/2C37H55NO11/c1-8-20-10-9-11-28(47-19(4)39)17(2)33(42)26-14-23-22-12-21(49-37-36(45-7)35(44-6)34(43-5)18(3)46-37)13-25(22)32-27(15-29(40)38-32)31(23)24(26)16-30(41)48-20;1-8-20-10-9-11-28(47-19(4)39)17(2)33(42)27-14-24-22-12-21(49-37-36(45-7)35(44-6)34(43-5)18(3)46-37)13-23(22)26-15-29(40)38-32(26)31(24)25(27)16-30(41)48-20/h14,17-18,20-25,27-28,31-32,34-37H,8-13,15-16H2,1-7H3,(H,38,40);14,17-18,20-26,28,31-32,34-37H,8-13,15-16H2,1-7H3,(H,38,40)/t17-,18?,20+,21+,22+,23+,24-,25-,27?,28+,31-,32?,34+,35?,36+,37+;17-,18?,20+,21+,22-,23-,24+,25-,26?,28+,31-,32?,34+,35?,36+,37+/m11/s1. The second-order valence-corrected chi connectivity index (χ2v) is 30.3. The van der Waals surface area contributed by atoms with Crippen molar-refractivity contribution in [2.75, 3.05) is 42.7 Å². The summed E-state index contributed by atoms with van der Waals surface area (Å²) in [4.78, 5) is 106. The summed E-state index contributed by atoms with van der Waals surface area (Å²) in [6, 6.07) is -0.263. The van der Waals surface area contributed by atoms with Crippen LogP contribution in [0.15, 0.2) is 23.3 Å². The van der Waals surface area contributed by atoms with E-state index >= 15 is 0 Å². The number of esters is 4. The lowest BCUT2D eigenvalue weighted by molar-refractivity contribution is -0.314. The second-order valence-electron chi connectivity index (χ2n) is 30.3. The summed E-state index contributed by atoms with van der Waals surface area (Å²) < 4.78 is 84.1. The molecular formula is C74H110N2O22. The molecule has 24 heteroatoms. The molecule has 6 aliphatic carbocycles. The maximum Gasteiger partial charge on any atom is 0.306 e. The molecular weight excluding hydrogens is 1270 g/mol. The summed E-state index contributed by atoms with van der Waals surface area (Å²) in [6.07, 6.45) is 6.67. The average Bonchev–Trinajstić information content (AvgIpc) is 1.57. The Morgan fingerprint density at radius 1 is 0.469 bits per heavy atom. The fourth-order valence-corrected chi connectivity index (χ4v) is 20.8. The van der Waals surface area contributed by atoms with Crippen LogP contribution in [-0.4, -0.2) is 200 Å². The van der Waals surface area contributed by atoms with Gasteiger partial charge in [0.1, 0.15) is 61.0 Å². The predicted octanol–water partition coefficient (Wildman–Crippen LogP) is 7.05. The maximum atomic E-state index is 14.4. The quantitative estimate of drug-likeness (QED) is 0.130. The number of amides is 2. The third-order valence-electron chi connectivity index (χ3n) is 25.1. The Kier molecular flexibility index (Phi) is 24.2. The van der Waals surface area contributed by atoms with Gasteiger partial charge in [-0.15, -0.1) is 0 Å². The highest BCUT2D eigenvalue weighted by Crippen LogP contribution is 2.63. The van der Waals surface area contributed by atoms with Gasteiger partial charge in [-0.1, -0.05) is 39.8 Å². The van der Waals surface area contributed by atoms with Gasteiger partial charge >= 0.3 is 23.9 Å². The van der Waals surface area contributed by atoms with Crippen LogP contribution in [0, 0.1) is 82.9 Å². The van der Waals surface area contributed by atoms with Crippen LogP contribution >= 0.6 is 0 Å². The van der Waals surface area contributed by atoms with Crippen molar-refractivity contribution in [1.82, 2.24) is 10.6 Å². The number of fused-ring (bicyclic) bond motifs is 16. The molecule has 0 aromatic rings. The number of Topliss-reactive ketones (excluding diaryl/α,β-unsaturated/α-hetero) is 2. The molecule has 0 radical (unpaired) electrons. The van der Waals surface area contributed by atoms with Crippen LogP contribution in [-0.2, 0) is 105 Å². The molecule has 0 bridgehead atoms. The molecule has 6 aliphatic heterocycles. The van der Waals surface area contributed by atoms with Crippen molar-refractivity contribution in [2.45, 2.75) is 268 Å². The zero-order valence-corrected chi connectivity index (χ0v) is 59.9. The first-order valence-electron chi connectivity index (χ1n) is 36.6. The van der Waals surface area contributed by atoms with Gasteiger partial charge < -0.3 is 76.9 Å². The van der Waals surface area contributed by atoms with Gasteiger partial charge in [-0.05, 0) is 161 Å². The number of cyclic esters (lactones) is 2. The number of methoxy groups -OCH3 is 6.